The molecule has 1 fully saturated rings. The van der Waals surface area contributed by atoms with Gasteiger partial charge in [0.15, 0.2) is 0 Å². The van der Waals surface area contributed by atoms with Crippen LogP contribution in [-0.2, 0) is 4.79 Å². The van der Waals surface area contributed by atoms with Gasteiger partial charge in [-0.1, -0.05) is 20.8 Å². The van der Waals surface area contributed by atoms with Crippen LogP contribution in [0.2, 0.25) is 0 Å². The lowest BCUT2D eigenvalue weighted by Gasteiger charge is -2.34. The Labute approximate surface area is 104 Å². The lowest BCUT2D eigenvalue weighted by molar-refractivity contribution is -0.137. The first kappa shape index (κ1) is 14.5. The van der Waals surface area contributed by atoms with Crippen LogP contribution in [0.5, 0.6) is 0 Å². The van der Waals surface area contributed by atoms with Crippen LogP contribution in [0.25, 0.3) is 0 Å². The molecule has 17 heavy (non-hydrogen) atoms. The molecule has 0 aromatic heterocycles. The summed E-state index contributed by atoms with van der Waals surface area (Å²) < 4.78 is 0. The number of rotatable bonds is 5. The Hall–Kier alpha value is -0.610. The summed E-state index contributed by atoms with van der Waals surface area (Å²) in [4.78, 5) is 12.8. The molecule has 4 nitrogen and oxygen atoms in total. The smallest absolute Gasteiger partial charge is 0.304 e. The zero-order valence-electron chi connectivity index (χ0n) is 11.3. The molecule has 1 aliphatic heterocycles. The molecule has 0 bridgehead atoms. The number of carbonyl (C=O) groups is 1. The molecule has 0 spiro atoms. The Bertz CT molecular complexity index is 248. The number of carboxylic acids is 1. The number of nitrogens with zero attached hydrogens (tertiary/aromatic N) is 1. The predicted molar refractivity (Wildman–Crippen MR) is 69.2 cm³/mol. The SMILES string of the molecule is CC(C)(C)CNC1CCCN(CCC(=O)O)C1. The van der Waals surface area contributed by atoms with E-state index in [2.05, 4.69) is 31.0 Å². The molecule has 100 valence electrons. The average Bonchev–Trinajstić information content (AvgIpc) is 2.23. The largest absolute Gasteiger partial charge is 0.481 e. The van der Waals surface area contributed by atoms with Gasteiger partial charge in [-0.15, -0.1) is 0 Å². The van der Waals surface area contributed by atoms with Crippen LogP contribution < -0.4 is 5.32 Å². The van der Waals surface area contributed by atoms with E-state index in [1.54, 1.807) is 0 Å². The van der Waals surface area contributed by atoms with E-state index in [0.717, 1.165) is 19.6 Å². The molecular weight excluding hydrogens is 216 g/mol. The van der Waals surface area contributed by atoms with Gasteiger partial charge in [-0.25, -0.2) is 0 Å². The quantitative estimate of drug-likeness (QED) is 0.768. The van der Waals surface area contributed by atoms with Crippen LogP contribution in [0.3, 0.4) is 0 Å². The molecule has 1 heterocycles. The van der Waals surface area contributed by atoms with Crippen molar-refractivity contribution in [2.45, 2.75) is 46.1 Å². The first-order chi connectivity index (χ1) is 7.87. The van der Waals surface area contributed by atoms with Crippen LogP contribution in [0.4, 0.5) is 0 Å². The summed E-state index contributed by atoms with van der Waals surface area (Å²) in [6.07, 6.45) is 2.63. The molecule has 2 N–H and O–H groups in total. The highest BCUT2D eigenvalue weighted by atomic mass is 16.4. The van der Waals surface area contributed by atoms with Crippen LogP contribution in [0.15, 0.2) is 0 Å². The van der Waals surface area contributed by atoms with Crippen molar-refractivity contribution in [2.24, 2.45) is 5.41 Å². The summed E-state index contributed by atoms with van der Waals surface area (Å²) in [5, 5.41) is 12.3. The Morgan fingerprint density at radius 1 is 1.47 bits per heavy atom. The minimum Gasteiger partial charge on any atom is -0.481 e. The van der Waals surface area contributed by atoms with Gasteiger partial charge >= 0.3 is 5.97 Å². The minimum absolute atomic E-state index is 0.256. The highest BCUT2D eigenvalue weighted by Crippen LogP contribution is 2.14. The normalized spacial score (nSPS) is 22.6. The number of carboxylic acid groups (broad SMARTS) is 1. The molecule has 1 atom stereocenters. The minimum atomic E-state index is -0.699. The van der Waals surface area contributed by atoms with E-state index in [1.165, 1.54) is 12.8 Å². The zero-order chi connectivity index (χ0) is 12.9. The third kappa shape index (κ3) is 6.64. The molecular formula is C13H26N2O2. The maximum atomic E-state index is 10.5. The zero-order valence-corrected chi connectivity index (χ0v) is 11.3. The second kappa shape index (κ2) is 6.36. The lowest BCUT2D eigenvalue weighted by atomic mass is 9.95. The van der Waals surface area contributed by atoms with Crippen molar-refractivity contribution in [1.82, 2.24) is 10.2 Å². The van der Waals surface area contributed by atoms with Crippen molar-refractivity contribution in [2.75, 3.05) is 26.2 Å². The number of nitrogens with one attached hydrogen (secondary N) is 1. The fourth-order valence-corrected chi connectivity index (χ4v) is 2.13. The highest BCUT2D eigenvalue weighted by molar-refractivity contribution is 5.66. The molecule has 0 amide bonds. The fourth-order valence-electron chi connectivity index (χ4n) is 2.13. The third-order valence-electron chi connectivity index (χ3n) is 3.07. The number of hydrogen-bond acceptors (Lipinski definition) is 3. The number of piperidine rings is 1. The van der Waals surface area contributed by atoms with Crippen molar-refractivity contribution in [1.29, 1.82) is 0 Å². The maximum absolute atomic E-state index is 10.5. The summed E-state index contributed by atoms with van der Waals surface area (Å²) in [5.41, 5.74) is 0.309. The van der Waals surface area contributed by atoms with Crippen LogP contribution >= 0.6 is 0 Å². The number of likely N-dealkylation sites (tertiary alicyclic amines) is 1. The van der Waals surface area contributed by atoms with Crippen molar-refractivity contribution >= 4 is 5.97 Å². The maximum Gasteiger partial charge on any atom is 0.304 e. The number of aliphatic carboxylic acids is 1. The molecule has 1 rings (SSSR count). The van der Waals surface area contributed by atoms with Gasteiger partial charge in [0.1, 0.15) is 0 Å². The highest BCUT2D eigenvalue weighted by Gasteiger charge is 2.21. The Morgan fingerprint density at radius 2 is 2.18 bits per heavy atom. The van der Waals surface area contributed by atoms with Gasteiger partial charge in [0.25, 0.3) is 0 Å². The van der Waals surface area contributed by atoms with Crippen molar-refractivity contribution < 1.29 is 9.90 Å². The average molecular weight is 242 g/mol. The van der Waals surface area contributed by atoms with E-state index in [4.69, 9.17) is 5.11 Å². The van der Waals surface area contributed by atoms with Gasteiger partial charge in [0.05, 0.1) is 6.42 Å². The molecule has 1 saturated heterocycles. The second-order valence-corrected chi connectivity index (χ2v) is 6.23. The first-order valence-corrected chi connectivity index (χ1v) is 6.54. The second-order valence-electron chi connectivity index (χ2n) is 6.23. The van der Waals surface area contributed by atoms with Crippen LogP contribution in [-0.4, -0.2) is 48.2 Å². The molecule has 1 aliphatic rings. The Balaban J connectivity index is 2.26. The van der Waals surface area contributed by atoms with E-state index in [0.29, 0.717) is 18.0 Å². The van der Waals surface area contributed by atoms with E-state index >= 15 is 0 Å². The monoisotopic (exact) mass is 242 g/mol. The topological polar surface area (TPSA) is 52.6 Å². The molecule has 0 aromatic rings. The Kier molecular flexibility index (Phi) is 5.40. The number of hydrogen-bond donors (Lipinski definition) is 2. The van der Waals surface area contributed by atoms with E-state index in [9.17, 15) is 4.79 Å². The van der Waals surface area contributed by atoms with Gasteiger partial charge in [0, 0.05) is 25.7 Å². The molecule has 0 saturated carbocycles. The summed E-state index contributed by atoms with van der Waals surface area (Å²) in [6.45, 7) is 10.4. The van der Waals surface area contributed by atoms with Gasteiger partial charge in [0.2, 0.25) is 0 Å². The Morgan fingerprint density at radius 3 is 2.76 bits per heavy atom. The first-order valence-electron chi connectivity index (χ1n) is 6.54. The lowest BCUT2D eigenvalue weighted by Crippen LogP contribution is -2.48. The van der Waals surface area contributed by atoms with Crippen LogP contribution in [0, 0.1) is 5.41 Å². The molecule has 0 aliphatic carbocycles. The molecule has 4 heteroatoms. The van der Waals surface area contributed by atoms with Gasteiger partial charge in [-0.2, -0.15) is 0 Å². The summed E-state index contributed by atoms with van der Waals surface area (Å²) >= 11 is 0. The molecule has 0 radical (unpaired) electrons. The molecule has 0 aromatic carbocycles. The standard InChI is InChI=1S/C13H26N2O2/c1-13(2,3)10-14-11-5-4-7-15(9-11)8-6-12(16)17/h11,14H,4-10H2,1-3H3,(H,16,17). The predicted octanol–water partition coefficient (Wildman–Crippen LogP) is 1.56. The van der Waals surface area contributed by atoms with E-state index < -0.39 is 5.97 Å². The van der Waals surface area contributed by atoms with E-state index in [1.807, 2.05) is 0 Å². The van der Waals surface area contributed by atoms with Gasteiger partial charge in [-0.05, 0) is 24.8 Å². The van der Waals surface area contributed by atoms with Crippen molar-refractivity contribution in [3.63, 3.8) is 0 Å². The fraction of sp³-hybridized carbons (Fsp3) is 0.923. The van der Waals surface area contributed by atoms with Crippen molar-refractivity contribution in [3.8, 4) is 0 Å². The van der Waals surface area contributed by atoms with Crippen molar-refractivity contribution in [3.05, 3.63) is 0 Å². The summed E-state index contributed by atoms with van der Waals surface area (Å²) in [7, 11) is 0. The van der Waals surface area contributed by atoms with Gasteiger partial charge in [-0.3, -0.25) is 4.79 Å². The summed E-state index contributed by atoms with van der Waals surface area (Å²) in [6, 6.07) is 0.525. The third-order valence-corrected chi connectivity index (χ3v) is 3.07. The van der Waals surface area contributed by atoms with Gasteiger partial charge < -0.3 is 15.3 Å². The summed E-state index contributed by atoms with van der Waals surface area (Å²) in [5.74, 6) is -0.699. The van der Waals surface area contributed by atoms with E-state index in [-0.39, 0.29) is 6.42 Å². The van der Waals surface area contributed by atoms with Crippen LogP contribution in [0.1, 0.15) is 40.0 Å². The molecule has 1 unspecified atom stereocenters.